The molecule has 0 radical (unpaired) electrons. The van der Waals surface area contributed by atoms with Crippen molar-refractivity contribution in [2.24, 2.45) is 5.73 Å². The second kappa shape index (κ2) is 7.85. The predicted octanol–water partition coefficient (Wildman–Crippen LogP) is 2.44. The van der Waals surface area contributed by atoms with E-state index in [9.17, 15) is 32.9 Å². The van der Waals surface area contributed by atoms with Gasteiger partial charge in [0.25, 0.3) is 11.6 Å². The van der Waals surface area contributed by atoms with Crippen molar-refractivity contribution >= 4 is 17.5 Å². The summed E-state index contributed by atoms with van der Waals surface area (Å²) in [7, 11) is 0. The van der Waals surface area contributed by atoms with Gasteiger partial charge in [0.1, 0.15) is 6.04 Å². The van der Waals surface area contributed by atoms with Crippen LogP contribution in [0.1, 0.15) is 21.5 Å². The Hall–Kier alpha value is -3.43. The first-order chi connectivity index (χ1) is 12.6. The van der Waals surface area contributed by atoms with E-state index in [0.717, 1.165) is 18.2 Å². The van der Waals surface area contributed by atoms with E-state index in [1.807, 2.05) is 0 Å². The highest BCUT2D eigenvalue weighted by atomic mass is 19.4. The fourth-order valence-electron chi connectivity index (χ4n) is 2.47. The molecule has 0 saturated carbocycles. The number of nitrogens with one attached hydrogen (secondary N) is 1. The molecule has 2 aromatic carbocycles. The molecule has 0 aliphatic heterocycles. The molecule has 0 heterocycles. The van der Waals surface area contributed by atoms with Crippen LogP contribution in [0.5, 0.6) is 0 Å². The van der Waals surface area contributed by atoms with Crippen LogP contribution in [0.4, 0.5) is 18.9 Å². The molecule has 0 spiro atoms. The monoisotopic (exact) mass is 381 g/mol. The second-order valence-electron chi connectivity index (χ2n) is 5.56. The van der Waals surface area contributed by atoms with Crippen LogP contribution in [0.15, 0.2) is 48.5 Å². The van der Waals surface area contributed by atoms with Gasteiger partial charge in [-0.25, -0.2) is 0 Å². The van der Waals surface area contributed by atoms with E-state index in [1.54, 1.807) is 0 Å². The predicted molar refractivity (Wildman–Crippen MR) is 88.7 cm³/mol. The van der Waals surface area contributed by atoms with Gasteiger partial charge in [0.15, 0.2) is 0 Å². The summed E-state index contributed by atoms with van der Waals surface area (Å²) in [4.78, 5) is 34.3. The maximum Gasteiger partial charge on any atom is 0.417 e. The van der Waals surface area contributed by atoms with E-state index in [1.165, 1.54) is 30.3 Å². The number of hydrogen-bond donors (Lipinski definition) is 2. The smallest absolute Gasteiger partial charge is 0.368 e. The van der Waals surface area contributed by atoms with Crippen molar-refractivity contribution in [1.82, 2.24) is 5.32 Å². The average molecular weight is 381 g/mol. The van der Waals surface area contributed by atoms with Crippen molar-refractivity contribution < 1.29 is 27.7 Å². The first kappa shape index (κ1) is 19.9. The molecular formula is C17H14F3N3O4. The van der Waals surface area contributed by atoms with Crippen LogP contribution >= 0.6 is 0 Å². The zero-order valence-electron chi connectivity index (χ0n) is 13.7. The minimum absolute atomic E-state index is 0.107. The van der Waals surface area contributed by atoms with E-state index in [-0.39, 0.29) is 17.7 Å². The number of halogens is 3. The maximum atomic E-state index is 13.0. The molecule has 0 unspecified atom stereocenters. The van der Waals surface area contributed by atoms with Gasteiger partial charge in [0.2, 0.25) is 5.91 Å². The van der Waals surface area contributed by atoms with Crippen LogP contribution < -0.4 is 11.1 Å². The van der Waals surface area contributed by atoms with Crippen LogP contribution in [-0.4, -0.2) is 22.8 Å². The fraction of sp³-hybridized carbons (Fsp3) is 0.176. The molecule has 1 atom stereocenters. The minimum atomic E-state index is -4.77. The van der Waals surface area contributed by atoms with E-state index in [4.69, 9.17) is 5.73 Å². The number of carbonyl (C=O) groups is 2. The number of rotatable bonds is 6. The van der Waals surface area contributed by atoms with Gasteiger partial charge in [0, 0.05) is 18.1 Å². The van der Waals surface area contributed by atoms with Crippen LogP contribution in [0, 0.1) is 10.1 Å². The SMILES string of the molecule is NC(=O)[C@H](Cc1ccccc1[N+](=O)[O-])NC(=O)c1ccccc1C(F)(F)F. The number of primary amides is 1. The number of amides is 2. The lowest BCUT2D eigenvalue weighted by atomic mass is 10.0. The molecule has 0 saturated heterocycles. The van der Waals surface area contributed by atoms with Gasteiger partial charge in [-0.05, 0) is 12.1 Å². The summed E-state index contributed by atoms with van der Waals surface area (Å²) in [5.74, 6) is -2.20. The number of hydrogen-bond acceptors (Lipinski definition) is 4. The average Bonchev–Trinajstić information content (AvgIpc) is 2.60. The lowest BCUT2D eigenvalue weighted by Crippen LogP contribution is -2.46. The zero-order chi connectivity index (χ0) is 20.2. The normalized spacial score (nSPS) is 12.3. The van der Waals surface area contributed by atoms with Crippen LogP contribution in [0.25, 0.3) is 0 Å². The first-order valence-corrected chi connectivity index (χ1v) is 7.60. The van der Waals surface area contributed by atoms with Gasteiger partial charge in [-0.15, -0.1) is 0 Å². The number of alkyl halides is 3. The highest BCUT2D eigenvalue weighted by Crippen LogP contribution is 2.31. The molecule has 142 valence electrons. The van der Waals surface area contributed by atoms with Crippen LogP contribution in [0.3, 0.4) is 0 Å². The molecule has 2 amide bonds. The van der Waals surface area contributed by atoms with E-state index < -0.39 is 40.1 Å². The Bertz CT molecular complexity index is 884. The number of carbonyl (C=O) groups excluding carboxylic acids is 2. The highest BCUT2D eigenvalue weighted by molar-refractivity contribution is 5.98. The lowest BCUT2D eigenvalue weighted by molar-refractivity contribution is -0.385. The maximum absolute atomic E-state index is 13.0. The molecule has 0 aliphatic rings. The van der Waals surface area contributed by atoms with Crippen LogP contribution in [-0.2, 0) is 17.4 Å². The second-order valence-corrected chi connectivity index (χ2v) is 5.56. The van der Waals surface area contributed by atoms with Crippen LogP contribution in [0.2, 0.25) is 0 Å². The third kappa shape index (κ3) is 4.81. The van der Waals surface area contributed by atoms with Gasteiger partial charge in [-0.3, -0.25) is 19.7 Å². The highest BCUT2D eigenvalue weighted by Gasteiger charge is 2.35. The molecule has 0 aliphatic carbocycles. The topological polar surface area (TPSA) is 115 Å². The molecule has 27 heavy (non-hydrogen) atoms. The number of benzene rings is 2. The summed E-state index contributed by atoms with van der Waals surface area (Å²) < 4.78 is 39.1. The summed E-state index contributed by atoms with van der Waals surface area (Å²) in [6.45, 7) is 0. The zero-order valence-corrected chi connectivity index (χ0v) is 13.7. The van der Waals surface area contributed by atoms with Gasteiger partial charge in [-0.2, -0.15) is 13.2 Å². The Balaban J connectivity index is 2.30. The van der Waals surface area contributed by atoms with E-state index in [0.29, 0.717) is 0 Å². The van der Waals surface area contributed by atoms with Crippen molar-refractivity contribution in [2.75, 3.05) is 0 Å². The number of para-hydroxylation sites is 1. The molecule has 2 rings (SSSR count). The Labute approximate surface area is 151 Å². The number of nitrogens with two attached hydrogens (primary N) is 1. The van der Waals surface area contributed by atoms with Crippen molar-refractivity contribution in [1.29, 1.82) is 0 Å². The molecule has 3 N–H and O–H groups in total. The summed E-state index contributed by atoms with van der Waals surface area (Å²) in [5, 5.41) is 13.2. The minimum Gasteiger partial charge on any atom is -0.368 e. The van der Waals surface area contributed by atoms with Crippen molar-refractivity contribution in [2.45, 2.75) is 18.6 Å². The molecule has 0 bridgehead atoms. The number of nitrogens with zero attached hydrogens (tertiary/aromatic N) is 1. The lowest BCUT2D eigenvalue weighted by Gasteiger charge is -2.18. The van der Waals surface area contributed by atoms with Gasteiger partial charge in [0.05, 0.1) is 16.1 Å². The molecule has 2 aromatic rings. The summed E-state index contributed by atoms with van der Waals surface area (Å²) in [6.07, 6.45) is -5.11. The third-order valence-electron chi connectivity index (χ3n) is 3.74. The largest absolute Gasteiger partial charge is 0.417 e. The van der Waals surface area contributed by atoms with E-state index in [2.05, 4.69) is 5.32 Å². The van der Waals surface area contributed by atoms with E-state index >= 15 is 0 Å². The summed E-state index contributed by atoms with van der Waals surface area (Å²) in [6, 6.07) is 8.10. The fourth-order valence-corrected chi connectivity index (χ4v) is 2.47. The Kier molecular flexibility index (Phi) is 5.78. The van der Waals surface area contributed by atoms with Crippen molar-refractivity contribution in [3.63, 3.8) is 0 Å². The van der Waals surface area contributed by atoms with Gasteiger partial charge in [-0.1, -0.05) is 30.3 Å². The number of nitro benzene ring substituents is 1. The summed E-state index contributed by atoms with van der Waals surface area (Å²) in [5.41, 5.74) is 3.17. The standard InChI is InChI=1S/C17H14F3N3O4/c18-17(19,20)12-7-3-2-6-11(12)16(25)22-13(15(21)24)9-10-5-1-4-8-14(10)23(26)27/h1-8,13H,9H2,(H2,21,24)(H,22,25)/t13-/m0/s1. The number of nitro groups is 1. The third-order valence-corrected chi connectivity index (χ3v) is 3.74. The summed E-state index contributed by atoms with van der Waals surface area (Å²) >= 11 is 0. The van der Waals surface area contributed by atoms with Gasteiger partial charge >= 0.3 is 6.18 Å². The quantitative estimate of drug-likeness (QED) is 0.591. The molecular weight excluding hydrogens is 367 g/mol. The molecule has 0 aromatic heterocycles. The first-order valence-electron chi connectivity index (χ1n) is 7.60. The Morgan fingerprint density at radius 2 is 1.70 bits per heavy atom. The molecule has 10 heteroatoms. The molecule has 7 nitrogen and oxygen atoms in total. The Morgan fingerprint density at radius 1 is 1.11 bits per heavy atom. The van der Waals surface area contributed by atoms with Crippen molar-refractivity contribution in [3.05, 3.63) is 75.3 Å². The van der Waals surface area contributed by atoms with Gasteiger partial charge < -0.3 is 11.1 Å². The Morgan fingerprint density at radius 3 is 2.30 bits per heavy atom. The molecule has 0 fully saturated rings. The van der Waals surface area contributed by atoms with Crippen molar-refractivity contribution in [3.8, 4) is 0 Å².